The van der Waals surface area contributed by atoms with Crippen LogP contribution in [0.4, 0.5) is 18.9 Å². The molecule has 1 aromatic carbocycles. The lowest BCUT2D eigenvalue weighted by molar-refractivity contribution is -0.137. The maximum absolute atomic E-state index is 12.4. The lowest BCUT2D eigenvalue weighted by atomic mass is 10.2. The number of carbonyl (C=O) groups excluding carboxylic acids is 1. The molecule has 1 heterocycles. The lowest BCUT2D eigenvalue weighted by Crippen LogP contribution is -2.24. The number of carbonyl (C=O) groups is 1. The van der Waals surface area contributed by atoms with Gasteiger partial charge in [-0.3, -0.25) is 9.78 Å². The minimum atomic E-state index is -4.34. The summed E-state index contributed by atoms with van der Waals surface area (Å²) in [6.45, 7) is 0.733. The van der Waals surface area contributed by atoms with Crippen LogP contribution in [0.2, 0.25) is 0 Å². The molecule has 7 heteroatoms. The minimum absolute atomic E-state index is 0.145. The molecule has 0 spiro atoms. The van der Waals surface area contributed by atoms with Crippen molar-refractivity contribution in [1.29, 1.82) is 0 Å². The molecule has 0 unspecified atom stereocenters. The first-order chi connectivity index (χ1) is 10.9. The van der Waals surface area contributed by atoms with Crippen molar-refractivity contribution in [1.82, 2.24) is 10.3 Å². The second-order valence-electron chi connectivity index (χ2n) is 4.89. The standard InChI is InChI=1S/C16H16F3N3O/c17-16(18,19)13-3-5-14(6-4-13)21-9-7-15(23)22-11-12-2-1-8-20-10-12/h1-6,8,10,21H,7,9,11H2,(H,22,23). The van der Waals surface area contributed by atoms with Gasteiger partial charge in [0.15, 0.2) is 0 Å². The largest absolute Gasteiger partial charge is 0.416 e. The number of anilines is 1. The van der Waals surface area contributed by atoms with Crippen molar-refractivity contribution in [2.75, 3.05) is 11.9 Å². The molecule has 0 saturated heterocycles. The van der Waals surface area contributed by atoms with E-state index < -0.39 is 11.7 Å². The van der Waals surface area contributed by atoms with E-state index in [1.165, 1.54) is 12.1 Å². The average molecular weight is 323 g/mol. The van der Waals surface area contributed by atoms with Crippen LogP contribution in [-0.2, 0) is 17.5 Å². The van der Waals surface area contributed by atoms with Gasteiger partial charge >= 0.3 is 6.18 Å². The molecule has 0 aliphatic rings. The lowest BCUT2D eigenvalue weighted by Gasteiger charge is -2.10. The fourth-order valence-electron chi connectivity index (χ4n) is 1.89. The Morgan fingerprint density at radius 2 is 1.87 bits per heavy atom. The first-order valence-electron chi connectivity index (χ1n) is 7.02. The Balaban J connectivity index is 1.71. The van der Waals surface area contributed by atoms with E-state index in [4.69, 9.17) is 0 Å². The summed E-state index contributed by atoms with van der Waals surface area (Å²) in [7, 11) is 0. The van der Waals surface area contributed by atoms with Crippen LogP contribution >= 0.6 is 0 Å². The quantitative estimate of drug-likeness (QED) is 0.858. The fourth-order valence-corrected chi connectivity index (χ4v) is 1.89. The van der Waals surface area contributed by atoms with E-state index in [0.717, 1.165) is 17.7 Å². The van der Waals surface area contributed by atoms with Gasteiger partial charge < -0.3 is 10.6 Å². The Labute approximate surface area is 131 Å². The molecule has 1 amide bonds. The van der Waals surface area contributed by atoms with Crippen molar-refractivity contribution in [2.24, 2.45) is 0 Å². The smallest absolute Gasteiger partial charge is 0.385 e. The molecular weight excluding hydrogens is 307 g/mol. The highest BCUT2D eigenvalue weighted by molar-refractivity contribution is 5.76. The zero-order chi connectivity index (χ0) is 16.7. The van der Waals surface area contributed by atoms with E-state index in [1.807, 2.05) is 6.07 Å². The second kappa shape index (κ2) is 7.62. The highest BCUT2D eigenvalue weighted by atomic mass is 19.4. The van der Waals surface area contributed by atoms with Crippen LogP contribution in [0.25, 0.3) is 0 Å². The summed E-state index contributed by atoms with van der Waals surface area (Å²) in [5, 5.41) is 5.66. The number of pyridine rings is 1. The molecule has 0 bridgehead atoms. The van der Waals surface area contributed by atoms with Gasteiger partial charge in [0.1, 0.15) is 0 Å². The van der Waals surface area contributed by atoms with Crippen molar-refractivity contribution in [3.8, 4) is 0 Å². The van der Waals surface area contributed by atoms with Gasteiger partial charge in [-0.25, -0.2) is 0 Å². The highest BCUT2D eigenvalue weighted by Gasteiger charge is 2.29. The van der Waals surface area contributed by atoms with Gasteiger partial charge in [0.25, 0.3) is 0 Å². The molecular formula is C16H16F3N3O. The maximum Gasteiger partial charge on any atom is 0.416 e. The van der Waals surface area contributed by atoms with Crippen LogP contribution in [0.15, 0.2) is 48.8 Å². The van der Waals surface area contributed by atoms with Crippen molar-refractivity contribution < 1.29 is 18.0 Å². The van der Waals surface area contributed by atoms with E-state index in [2.05, 4.69) is 15.6 Å². The fraction of sp³-hybridized carbons (Fsp3) is 0.250. The summed E-state index contributed by atoms with van der Waals surface area (Å²) in [5.41, 5.74) is 0.742. The van der Waals surface area contributed by atoms with Crippen LogP contribution in [0, 0.1) is 0 Å². The third kappa shape index (κ3) is 5.61. The number of rotatable bonds is 6. The summed E-state index contributed by atoms with van der Waals surface area (Å²) < 4.78 is 37.3. The van der Waals surface area contributed by atoms with Gasteiger partial charge in [-0.15, -0.1) is 0 Å². The molecule has 0 aliphatic carbocycles. The Morgan fingerprint density at radius 1 is 1.13 bits per heavy atom. The number of halogens is 3. The summed E-state index contributed by atoms with van der Waals surface area (Å²) in [5.74, 6) is -0.145. The number of nitrogens with zero attached hydrogens (tertiary/aromatic N) is 1. The first kappa shape index (κ1) is 16.8. The molecule has 0 fully saturated rings. The van der Waals surface area contributed by atoms with Crippen molar-refractivity contribution in [3.05, 3.63) is 59.9 Å². The second-order valence-corrected chi connectivity index (χ2v) is 4.89. The van der Waals surface area contributed by atoms with Gasteiger partial charge in [0, 0.05) is 37.6 Å². The maximum atomic E-state index is 12.4. The normalized spacial score (nSPS) is 11.1. The monoisotopic (exact) mass is 323 g/mol. The van der Waals surface area contributed by atoms with Crippen LogP contribution < -0.4 is 10.6 Å². The molecule has 0 aliphatic heterocycles. The van der Waals surface area contributed by atoms with Gasteiger partial charge in [-0.05, 0) is 35.9 Å². The number of amides is 1. The average Bonchev–Trinajstić information content (AvgIpc) is 2.53. The molecule has 2 aromatic rings. The van der Waals surface area contributed by atoms with Gasteiger partial charge in [-0.1, -0.05) is 6.07 Å². The van der Waals surface area contributed by atoms with Crippen molar-refractivity contribution in [3.63, 3.8) is 0 Å². The Bertz CT molecular complexity index is 627. The SMILES string of the molecule is O=C(CCNc1ccc(C(F)(F)F)cc1)NCc1cccnc1. The van der Waals surface area contributed by atoms with Gasteiger partial charge in [0.05, 0.1) is 5.56 Å². The van der Waals surface area contributed by atoms with Gasteiger partial charge in [0.2, 0.25) is 5.91 Å². The predicted octanol–water partition coefficient (Wildman–Crippen LogP) is 3.22. The van der Waals surface area contributed by atoms with Crippen molar-refractivity contribution >= 4 is 11.6 Å². The predicted molar refractivity (Wildman–Crippen MR) is 80.6 cm³/mol. The van der Waals surface area contributed by atoms with E-state index >= 15 is 0 Å². The first-order valence-corrected chi connectivity index (χ1v) is 7.02. The number of alkyl halides is 3. The van der Waals surface area contributed by atoms with Crippen LogP contribution in [0.3, 0.4) is 0 Å². The number of aromatic nitrogens is 1. The summed E-state index contributed by atoms with van der Waals surface area (Å²) in [6.07, 6.45) is -0.800. The molecule has 0 saturated carbocycles. The third-order valence-corrected chi connectivity index (χ3v) is 3.11. The van der Waals surface area contributed by atoms with E-state index in [-0.39, 0.29) is 12.3 Å². The summed E-state index contributed by atoms with van der Waals surface area (Å²) in [4.78, 5) is 15.6. The zero-order valence-corrected chi connectivity index (χ0v) is 12.2. The molecule has 1 aromatic heterocycles. The Morgan fingerprint density at radius 3 is 2.48 bits per heavy atom. The molecule has 0 atom stereocenters. The van der Waals surface area contributed by atoms with E-state index in [1.54, 1.807) is 18.5 Å². The zero-order valence-electron chi connectivity index (χ0n) is 12.2. The van der Waals surface area contributed by atoms with E-state index in [9.17, 15) is 18.0 Å². The minimum Gasteiger partial charge on any atom is -0.385 e. The van der Waals surface area contributed by atoms with Crippen molar-refractivity contribution in [2.45, 2.75) is 19.1 Å². The number of hydrogen-bond donors (Lipinski definition) is 2. The van der Waals surface area contributed by atoms with E-state index in [0.29, 0.717) is 18.8 Å². The Hall–Kier alpha value is -2.57. The highest BCUT2D eigenvalue weighted by Crippen LogP contribution is 2.29. The van der Waals surface area contributed by atoms with Crippen LogP contribution in [0.1, 0.15) is 17.5 Å². The molecule has 23 heavy (non-hydrogen) atoms. The molecule has 2 rings (SSSR count). The van der Waals surface area contributed by atoms with Crippen LogP contribution in [-0.4, -0.2) is 17.4 Å². The topological polar surface area (TPSA) is 54.0 Å². The Kier molecular flexibility index (Phi) is 5.56. The molecule has 2 N–H and O–H groups in total. The van der Waals surface area contributed by atoms with Crippen LogP contribution in [0.5, 0.6) is 0 Å². The third-order valence-electron chi connectivity index (χ3n) is 3.11. The summed E-state index contributed by atoms with van der Waals surface area (Å²) in [6, 6.07) is 8.34. The molecule has 4 nitrogen and oxygen atoms in total. The number of hydrogen-bond acceptors (Lipinski definition) is 3. The number of nitrogens with one attached hydrogen (secondary N) is 2. The molecule has 122 valence electrons. The molecule has 0 radical (unpaired) electrons. The number of benzene rings is 1. The summed E-state index contributed by atoms with van der Waals surface area (Å²) >= 11 is 0. The van der Waals surface area contributed by atoms with Gasteiger partial charge in [-0.2, -0.15) is 13.2 Å².